The first kappa shape index (κ1) is 18.9. The van der Waals surface area contributed by atoms with E-state index in [1.807, 2.05) is 12.1 Å². The molecule has 0 aliphatic carbocycles. The van der Waals surface area contributed by atoms with Crippen molar-refractivity contribution in [2.45, 2.75) is 50.7 Å². The van der Waals surface area contributed by atoms with E-state index >= 15 is 0 Å². The van der Waals surface area contributed by atoms with E-state index in [4.69, 9.17) is 9.47 Å². The molecule has 0 amide bonds. The van der Waals surface area contributed by atoms with Crippen LogP contribution in [0, 0.1) is 0 Å². The van der Waals surface area contributed by atoms with Crippen LogP contribution in [0.2, 0.25) is 0 Å². The maximum Gasteiger partial charge on any atom is 0.118 e. The first-order valence-corrected chi connectivity index (χ1v) is 9.56. The van der Waals surface area contributed by atoms with E-state index in [-0.39, 0.29) is 11.0 Å². The van der Waals surface area contributed by atoms with Crippen molar-refractivity contribution >= 4 is 0 Å². The molecule has 1 fully saturated rings. The summed E-state index contributed by atoms with van der Waals surface area (Å²) in [6, 6.07) is 19.3. The third kappa shape index (κ3) is 4.66. The number of hydrogen-bond donors (Lipinski definition) is 1. The fraction of sp³-hybridized carbons (Fsp3) is 0.478. The van der Waals surface area contributed by atoms with Gasteiger partial charge in [0.05, 0.1) is 12.7 Å². The predicted octanol–water partition coefficient (Wildman–Crippen LogP) is 4.70. The molecular formula is C23H31NO2. The fourth-order valence-corrected chi connectivity index (χ4v) is 4.18. The molecule has 0 aromatic heterocycles. The Morgan fingerprint density at radius 3 is 2.42 bits per heavy atom. The number of rotatable bonds is 7. The van der Waals surface area contributed by atoms with Gasteiger partial charge in [0.2, 0.25) is 0 Å². The zero-order chi connectivity index (χ0) is 18.5. The average molecular weight is 354 g/mol. The first-order valence-electron chi connectivity index (χ1n) is 9.56. The topological polar surface area (TPSA) is 30.5 Å². The smallest absolute Gasteiger partial charge is 0.118 e. The van der Waals surface area contributed by atoms with Crippen LogP contribution >= 0.6 is 0 Å². The van der Waals surface area contributed by atoms with E-state index < -0.39 is 0 Å². The zero-order valence-electron chi connectivity index (χ0n) is 16.3. The highest BCUT2D eigenvalue weighted by molar-refractivity contribution is 5.28. The molecule has 0 saturated carbocycles. The molecule has 3 nitrogen and oxygen atoms in total. The third-order valence-electron chi connectivity index (χ3n) is 5.49. The normalized spacial score (nSPS) is 22.1. The SMILES string of the molecule is COc1ccc(CNCC[C@]2(c3ccccc3)CCOC(C)(C)C2)cc1. The van der Waals surface area contributed by atoms with Crippen LogP contribution in [0.25, 0.3) is 0 Å². The molecule has 0 unspecified atom stereocenters. The minimum atomic E-state index is -0.0654. The molecule has 1 aliphatic rings. The van der Waals surface area contributed by atoms with Gasteiger partial charge < -0.3 is 14.8 Å². The summed E-state index contributed by atoms with van der Waals surface area (Å²) in [7, 11) is 1.70. The number of methoxy groups -OCH3 is 1. The van der Waals surface area contributed by atoms with Gasteiger partial charge >= 0.3 is 0 Å². The van der Waals surface area contributed by atoms with Crippen LogP contribution in [-0.2, 0) is 16.7 Å². The molecule has 0 spiro atoms. The van der Waals surface area contributed by atoms with Gasteiger partial charge in [-0.1, -0.05) is 42.5 Å². The van der Waals surface area contributed by atoms with Crippen LogP contribution in [0.4, 0.5) is 0 Å². The molecule has 3 rings (SSSR count). The van der Waals surface area contributed by atoms with Crippen molar-refractivity contribution in [3.8, 4) is 5.75 Å². The maximum atomic E-state index is 6.01. The zero-order valence-corrected chi connectivity index (χ0v) is 16.3. The Morgan fingerprint density at radius 2 is 1.77 bits per heavy atom. The number of hydrogen-bond acceptors (Lipinski definition) is 3. The molecule has 140 valence electrons. The largest absolute Gasteiger partial charge is 0.497 e. The Labute approximate surface area is 157 Å². The molecule has 0 radical (unpaired) electrons. The van der Waals surface area contributed by atoms with Gasteiger partial charge in [-0.3, -0.25) is 0 Å². The van der Waals surface area contributed by atoms with Gasteiger partial charge in [0.25, 0.3) is 0 Å². The lowest BCUT2D eigenvalue weighted by Crippen LogP contribution is -2.45. The van der Waals surface area contributed by atoms with Crippen LogP contribution in [0.3, 0.4) is 0 Å². The van der Waals surface area contributed by atoms with Crippen molar-refractivity contribution in [3.05, 3.63) is 65.7 Å². The summed E-state index contributed by atoms with van der Waals surface area (Å²) >= 11 is 0. The van der Waals surface area contributed by atoms with E-state index in [9.17, 15) is 0 Å². The molecule has 26 heavy (non-hydrogen) atoms. The summed E-state index contributed by atoms with van der Waals surface area (Å²) in [5, 5.41) is 3.63. The molecule has 1 saturated heterocycles. The minimum absolute atomic E-state index is 0.0654. The van der Waals surface area contributed by atoms with Crippen molar-refractivity contribution in [3.63, 3.8) is 0 Å². The molecule has 1 heterocycles. The quantitative estimate of drug-likeness (QED) is 0.732. The van der Waals surface area contributed by atoms with E-state index in [0.717, 1.165) is 44.7 Å². The molecular weight excluding hydrogens is 322 g/mol. The van der Waals surface area contributed by atoms with Gasteiger partial charge in [0, 0.05) is 18.6 Å². The Hall–Kier alpha value is -1.84. The summed E-state index contributed by atoms with van der Waals surface area (Å²) in [6.07, 6.45) is 3.28. The molecule has 1 aliphatic heterocycles. The Kier molecular flexibility index (Phi) is 6.00. The lowest BCUT2D eigenvalue weighted by Gasteiger charge is -2.45. The van der Waals surface area contributed by atoms with Gasteiger partial charge in [-0.2, -0.15) is 0 Å². The monoisotopic (exact) mass is 353 g/mol. The number of benzene rings is 2. The van der Waals surface area contributed by atoms with Gasteiger partial charge in [-0.15, -0.1) is 0 Å². The van der Waals surface area contributed by atoms with Crippen molar-refractivity contribution < 1.29 is 9.47 Å². The summed E-state index contributed by atoms with van der Waals surface area (Å²) in [4.78, 5) is 0. The van der Waals surface area contributed by atoms with Crippen LogP contribution < -0.4 is 10.1 Å². The standard InChI is InChI=1S/C23H31NO2/c1-22(2)18-23(14-16-26-22,20-7-5-4-6-8-20)13-15-24-17-19-9-11-21(25-3)12-10-19/h4-12,24H,13-18H2,1-3H3/t23-/m0/s1. The van der Waals surface area contributed by atoms with Crippen LogP contribution in [0.15, 0.2) is 54.6 Å². The van der Waals surface area contributed by atoms with E-state index in [0.29, 0.717) is 0 Å². The van der Waals surface area contributed by atoms with Crippen molar-refractivity contribution in [2.75, 3.05) is 20.3 Å². The molecule has 2 aromatic rings. The number of ether oxygens (including phenoxy) is 2. The Bertz CT molecular complexity index is 681. The van der Waals surface area contributed by atoms with Gasteiger partial charge in [0.15, 0.2) is 0 Å². The highest BCUT2D eigenvalue weighted by Crippen LogP contribution is 2.43. The Morgan fingerprint density at radius 1 is 1.04 bits per heavy atom. The second-order valence-electron chi connectivity index (χ2n) is 7.96. The van der Waals surface area contributed by atoms with Crippen molar-refractivity contribution in [1.29, 1.82) is 0 Å². The third-order valence-corrected chi connectivity index (χ3v) is 5.49. The molecule has 1 N–H and O–H groups in total. The summed E-state index contributed by atoms with van der Waals surface area (Å²) in [5.41, 5.74) is 2.86. The van der Waals surface area contributed by atoms with Crippen LogP contribution in [-0.4, -0.2) is 25.9 Å². The highest BCUT2D eigenvalue weighted by Gasteiger charge is 2.41. The molecule has 0 bridgehead atoms. The van der Waals surface area contributed by atoms with Crippen LogP contribution in [0.5, 0.6) is 5.75 Å². The maximum absolute atomic E-state index is 6.01. The molecule has 2 aromatic carbocycles. The van der Waals surface area contributed by atoms with E-state index in [2.05, 4.69) is 61.6 Å². The van der Waals surface area contributed by atoms with Gasteiger partial charge in [-0.05, 0) is 62.9 Å². The van der Waals surface area contributed by atoms with E-state index in [1.54, 1.807) is 7.11 Å². The Balaban J connectivity index is 1.63. The second kappa shape index (κ2) is 8.24. The second-order valence-corrected chi connectivity index (χ2v) is 7.96. The van der Waals surface area contributed by atoms with E-state index in [1.165, 1.54) is 11.1 Å². The van der Waals surface area contributed by atoms with Crippen molar-refractivity contribution in [1.82, 2.24) is 5.32 Å². The lowest BCUT2D eigenvalue weighted by molar-refractivity contribution is -0.0840. The van der Waals surface area contributed by atoms with Crippen LogP contribution in [0.1, 0.15) is 44.2 Å². The fourth-order valence-electron chi connectivity index (χ4n) is 4.18. The van der Waals surface area contributed by atoms with Crippen molar-refractivity contribution in [2.24, 2.45) is 0 Å². The number of nitrogens with one attached hydrogen (secondary N) is 1. The average Bonchev–Trinajstić information content (AvgIpc) is 2.66. The minimum Gasteiger partial charge on any atom is -0.497 e. The molecule has 1 atom stereocenters. The summed E-state index contributed by atoms with van der Waals surface area (Å²) in [5.74, 6) is 0.904. The summed E-state index contributed by atoms with van der Waals surface area (Å²) < 4.78 is 11.2. The van der Waals surface area contributed by atoms with Gasteiger partial charge in [0.1, 0.15) is 5.75 Å². The highest BCUT2D eigenvalue weighted by atomic mass is 16.5. The lowest BCUT2D eigenvalue weighted by atomic mass is 9.67. The van der Waals surface area contributed by atoms with Gasteiger partial charge in [-0.25, -0.2) is 0 Å². The summed E-state index contributed by atoms with van der Waals surface area (Å²) in [6.45, 7) is 7.15. The molecule has 3 heteroatoms. The first-order chi connectivity index (χ1) is 12.5. The predicted molar refractivity (Wildman–Crippen MR) is 107 cm³/mol.